The van der Waals surface area contributed by atoms with Gasteiger partial charge in [-0.25, -0.2) is 0 Å². The summed E-state index contributed by atoms with van der Waals surface area (Å²) in [6.07, 6.45) is 11.5. The molecule has 0 aromatic carbocycles. The Balaban J connectivity index is 2.53. The first kappa shape index (κ1) is 10.8. The molecule has 84 valence electrons. The van der Waals surface area contributed by atoms with E-state index < -0.39 is 0 Å². The fourth-order valence-corrected chi connectivity index (χ4v) is 1.40. The summed E-state index contributed by atoms with van der Waals surface area (Å²) >= 11 is 0. The molecule has 0 amide bonds. The van der Waals surface area contributed by atoms with E-state index in [0.29, 0.717) is 23.5 Å². The largest absolute Gasteiger partial charge is 0.384 e. The molecule has 0 radical (unpaired) electrons. The molecule has 0 saturated carbocycles. The number of nitrogens with one attached hydrogen (secondary N) is 1. The van der Waals surface area contributed by atoms with E-state index in [1.54, 1.807) is 29.5 Å². The summed E-state index contributed by atoms with van der Waals surface area (Å²) in [4.78, 5) is 8.08. The highest BCUT2D eigenvalue weighted by atomic mass is 15.3. The monoisotopic (exact) mass is 226 g/mol. The van der Waals surface area contributed by atoms with Crippen LogP contribution in [0.25, 0.3) is 11.4 Å². The molecule has 0 saturated heterocycles. The Labute approximate surface area is 98.0 Å². The van der Waals surface area contributed by atoms with Gasteiger partial charge in [-0.3, -0.25) is 20.1 Å². The molecule has 0 aliphatic rings. The summed E-state index contributed by atoms with van der Waals surface area (Å²) in [6, 6.07) is 0. The number of nitrogens with two attached hydrogens (primary N) is 1. The van der Waals surface area contributed by atoms with E-state index >= 15 is 0 Å². The molecular weight excluding hydrogens is 216 g/mol. The molecule has 0 atom stereocenters. The molecule has 0 aliphatic carbocycles. The number of nitrogens with zero attached hydrogens (tertiary/aromatic N) is 4. The van der Waals surface area contributed by atoms with Gasteiger partial charge in [-0.05, 0) is 0 Å². The van der Waals surface area contributed by atoms with E-state index in [9.17, 15) is 0 Å². The third-order valence-electron chi connectivity index (χ3n) is 2.11. The number of rotatable bonds is 3. The van der Waals surface area contributed by atoms with Gasteiger partial charge in [-0.1, -0.05) is 5.92 Å². The van der Waals surface area contributed by atoms with Gasteiger partial charge >= 0.3 is 0 Å². The molecular formula is C11H10N6. The van der Waals surface area contributed by atoms with Crippen LogP contribution in [0.5, 0.6) is 0 Å². The summed E-state index contributed by atoms with van der Waals surface area (Å²) < 4.78 is 1.54. The first-order valence-electron chi connectivity index (χ1n) is 4.84. The van der Waals surface area contributed by atoms with Gasteiger partial charge in [0.2, 0.25) is 0 Å². The van der Waals surface area contributed by atoms with Gasteiger partial charge in [-0.2, -0.15) is 5.10 Å². The van der Waals surface area contributed by atoms with Crippen molar-refractivity contribution in [1.82, 2.24) is 19.7 Å². The van der Waals surface area contributed by atoms with E-state index in [1.807, 2.05) is 0 Å². The van der Waals surface area contributed by atoms with Crippen molar-refractivity contribution >= 4 is 5.84 Å². The number of nitrogen functional groups attached to an aromatic ring is 1. The normalized spacial score (nSPS) is 9.82. The number of aromatic nitrogens is 4. The quantitative estimate of drug-likeness (QED) is 0.446. The molecule has 2 heterocycles. The molecule has 0 fully saturated rings. The van der Waals surface area contributed by atoms with Crippen molar-refractivity contribution in [1.29, 1.82) is 5.41 Å². The van der Waals surface area contributed by atoms with Crippen LogP contribution in [-0.4, -0.2) is 25.6 Å². The van der Waals surface area contributed by atoms with Crippen molar-refractivity contribution in [2.45, 2.75) is 6.54 Å². The summed E-state index contributed by atoms with van der Waals surface area (Å²) in [5.74, 6) is 2.39. The maximum absolute atomic E-state index is 7.50. The summed E-state index contributed by atoms with van der Waals surface area (Å²) in [7, 11) is 0. The molecule has 6 heteroatoms. The molecule has 0 unspecified atom stereocenters. The van der Waals surface area contributed by atoms with E-state index in [-0.39, 0.29) is 5.84 Å². The minimum Gasteiger partial charge on any atom is -0.384 e. The van der Waals surface area contributed by atoms with Crippen LogP contribution >= 0.6 is 0 Å². The van der Waals surface area contributed by atoms with Crippen LogP contribution < -0.4 is 5.73 Å². The van der Waals surface area contributed by atoms with Crippen LogP contribution in [0, 0.1) is 17.8 Å². The van der Waals surface area contributed by atoms with E-state index in [4.69, 9.17) is 17.6 Å². The first-order chi connectivity index (χ1) is 8.22. The first-order valence-corrected chi connectivity index (χ1v) is 4.84. The van der Waals surface area contributed by atoms with Gasteiger partial charge in [0, 0.05) is 18.6 Å². The fraction of sp³-hybridized carbons (Fsp3) is 0.0909. The van der Waals surface area contributed by atoms with E-state index in [2.05, 4.69) is 21.0 Å². The Bertz CT molecular complexity index is 578. The Morgan fingerprint density at radius 1 is 1.53 bits per heavy atom. The SMILES string of the molecule is C#CCn1cc(C(=N)N)c(-c2cnccn2)n1. The summed E-state index contributed by atoms with van der Waals surface area (Å²) in [5, 5.41) is 11.7. The fourth-order valence-electron chi connectivity index (χ4n) is 1.40. The maximum Gasteiger partial charge on any atom is 0.126 e. The van der Waals surface area contributed by atoms with Crippen molar-refractivity contribution in [2.24, 2.45) is 5.73 Å². The predicted molar refractivity (Wildman–Crippen MR) is 63.1 cm³/mol. The van der Waals surface area contributed by atoms with Gasteiger partial charge in [0.25, 0.3) is 0 Å². The summed E-state index contributed by atoms with van der Waals surface area (Å²) in [6.45, 7) is 0.320. The Morgan fingerprint density at radius 3 is 2.94 bits per heavy atom. The summed E-state index contributed by atoms with van der Waals surface area (Å²) in [5.41, 5.74) is 7.07. The molecule has 2 rings (SSSR count). The van der Waals surface area contributed by atoms with E-state index in [1.165, 1.54) is 0 Å². The molecule has 2 aromatic rings. The second-order valence-electron chi connectivity index (χ2n) is 3.30. The zero-order chi connectivity index (χ0) is 12.3. The van der Waals surface area contributed by atoms with Crippen molar-refractivity contribution in [3.05, 3.63) is 30.4 Å². The number of hydrogen-bond donors (Lipinski definition) is 2. The molecule has 3 N–H and O–H groups in total. The molecule has 2 aromatic heterocycles. The van der Waals surface area contributed by atoms with Crippen molar-refractivity contribution in [2.75, 3.05) is 0 Å². The second kappa shape index (κ2) is 4.45. The van der Waals surface area contributed by atoms with Crippen LogP contribution in [0.3, 0.4) is 0 Å². The second-order valence-corrected chi connectivity index (χ2v) is 3.30. The van der Waals surface area contributed by atoms with Crippen LogP contribution in [0.2, 0.25) is 0 Å². The van der Waals surface area contributed by atoms with Crippen molar-refractivity contribution < 1.29 is 0 Å². The van der Waals surface area contributed by atoms with Gasteiger partial charge in [0.1, 0.15) is 23.8 Å². The maximum atomic E-state index is 7.50. The van der Waals surface area contributed by atoms with E-state index in [0.717, 1.165) is 0 Å². The predicted octanol–water partition coefficient (Wildman–Crippen LogP) is 0.257. The van der Waals surface area contributed by atoms with Gasteiger partial charge in [0.05, 0.1) is 11.8 Å². The highest BCUT2D eigenvalue weighted by Gasteiger charge is 2.14. The zero-order valence-corrected chi connectivity index (χ0v) is 8.96. The topological polar surface area (TPSA) is 93.5 Å². The number of hydrogen-bond acceptors (Lipinski definition) is 4. The van der Waals surface area contributed by atoms with Gasteiger partial charge < -0.3 is 5.73 Å². The smallest absolute Gasteiger partial charge is 0.126 e. The third-order valence-corrected chi connectivity index (χ3v) is 2.11. The minimum atomic E-state index is -0.0751. The highest BCUT2D eigenvalue weighted by molar-refractivity contribution is 5.99. The van der Waals surface area contributed by atoms with Crippen LogP contribution in [0.1, 0.15) is 5.56 Å². The average Bonchev–Trinajstić information content (AvgIpc) is 2.75. The molecule has 17 heavy (non-hydrogen) atoms. The highest BCUT2D eigenvalue weighted by Crippen LogP contribution is 2.18. The van der Waals surface area contributed by atoms with Gasteiger partial charge in [0.15, 0.2) is 0 Å². The van der Waals surface area contributed by atoms with Crippen LogP contribution in [-0.2, 0) is 6.54 Å². The molecule has 6 nitrogen and oxygen atoms in total. The Hall–Kier alpha value is -2.68. The number of terminal acetylenes is 1. The minimum absolute atomic E-state index is 0.0751. The lowest BCUT2D eigenvalue weighted by Crippen LogP contribution is -2.11. The lowest BCUT2D eigenvalue weighted by Gasteiger charge is -1.97. The molecule has 0 bridgehead atoms. The number of amidine groups is 1. The zero-order valence-electron chi connectivity index (χ0n) is 8.96. The molecule has 0 aliphatic heterocycles. The standard InChI is InChI=1S/C11H10N6/c1-2-5-17-7-8(11(12)13)10(16-17)9-6-14-3-4-15-9/h1,3-4,6-7H,5H2,(H3,12,13). The Kier molecular flexibility index (Phi) is 2.83. The Morgan fingerprint density at radius 2 is 2.35 bits per heavy atom. The van der Waals surface area contributed by atoms with Crippen LogP contribution in [0.4, 0.5) is 0 Å². The molecule has 0 spiro atoms. The lowest BCUT2D eigenvalue weighted by atomic mass is 10.2. The van der Waals surface area contributed by atoms with Gasteiger partial charge in [-0.15, -0.1) is 6.42 Å². The lowest BCUT2D eigenvalue weighted by molar-refractivity contribution is 0.717. The average molecular weight is 226 g/mol. The van der Waals surface area contributed by atoms with Crippen molar-refractivity contribution in [3.63, 3.8) is 0 Å². The third kappa shape index (κ3) is 2.13. The van der Waals surface area contributed by atoms with Crippen LogP contribution in [0.15, 0.2) is 24.8 Å². The van der Waals surface area contributed by atoms with Crippen molar-refractivity contribution in [3.8, 4) is 23.7 Å².